The van der Waals surface area contributed by atoms with Crippen LogP contribution in [0.25, 0.3) is 0 Å². The van der Waals surface area contributed by atoms with E-state index < -0.39 is 32.8 Å². The summed E-state index contributed by atoms with van der Waals surface area (Å²) in [5.41, 5.74) is 5.94. The summed E-state index contributed by atoms with van der Waals surface area (Å²) in [6.45, 7) is 2.02. The van der Waals surface area contributed by atoms with Gasteiger partial charge in [-0.25, -0.2) is 17.2 Å². The van der Waals surface area contributed by atoms with E-state index in [0.717, 1.165) is 31.0 Å². The van der Waals surface area contributed by atoms with Gasteiger partial charge in [0.25, 0.3) is 0 Å². The quantitative estimate of drug-likeness (QED) is 0.873. The summed E-state index contributed by atoms with van der Waals surface area (Å²) in [5, 5.41) is -0.717. The number of hydrogen-bond acceptors (Lipinski definition) is 3. The van der Waals surface area contributed by atoms with Crippen molar-refractivity contribution in [3.8, 4) is 0 Å². The molecule has 0 radical (unpaired) electrons. The molecule has 1 aromatic carbocycles. The Morgan fingerprint density at radius 1 is 1.25 bits per heavy atom. The van der Waals surface area contributed by atoms with Crippen LogP contribution in [0.4, 0.5) is 8.78 Å². The first-order valence-corrected chi connectivity index (χ1v) is 8.35. The van der Waals surface area contributed by atoms with Gasteiger partial charge in [-0.1, -0.05) is 13.3 Å². The highest BCUT2D eigenvalue weighted by molar-refractivity contribution is 7.92. The predicted octanol–water partition coefficient (Wildman–Crippen LogP) is 2.64. The maximum absolute atomic E-state index is 13.2. The molecule has 3 unspecified atom stereocenters. The largest absolute Gasteiger partial charge is 0.327 e. The molecule has 0 amide bonds. The molecule has 6 heteroatoms. The van der Waals surface area contributed by atoms with E-state index in [1.54, 1.807) is 0 Å². The second-order valence-corrected chi connectivity index (χ2v) is 7.58. The summed E-state index contributed by atoms with van der Waals surface area (Å²) in [6.07, 6.45) is 2.95. The lowest BCUT2D eigenvalue weighted by molar-refractivity contribution is 0.319. The average Bonchev–Trinajstić information content (AvgIpc) is 2.42. The van der Waals surface area contributed by atoms with Crippen molar-refractivity contribution in [2.45, 2.75) is 48.8 Å². The first-order valence-electron chi connectivity index (χ1n) is 6.80. The van der Waals surface area contributed by atoms with Crippen LogP contribution in [0.1, 0.15) is 32.6 Å². The molecule has 2 rings (SSSR count). The van der Waals surface area contributed by atoms with Crippen LogP contribution in [0, 0.1) is 17.6 Å². The minimum atomic E-state index is -3.73. The van der Waals surface area contributed by atoms with Crippen LogP contribution >= 0.6 is 0 Å². The third-order valence-electron chi connectivity index (χ3n) is 4.15. The van der Waals surface area contributed by atoms with Crippen LogP contribution in [-0.4, -0.2) is 19.7 Å². The Morgan fingerprint density at radius 3 is 2.55 bits per heavy atom. The van der Waals surface area contributed by atoms with Crippen molar-refractivity contribution in [1.82, 2.24) is 0 Å². The van der Waals surface area contributed by atoms with Gasteiger partial charge in [0, 0.05) is 6.04 Å². The van der Waals surface area contributed by atoms with Crippen molar-refractivity contribution in [3.05, 3.63) is 29.8 Å². The van der Waals surface area contributed by atoms with Gasteiger partial charge in [0.05, 0.1) is 10.1 Å². The maximum Gasteiger partial charge on any atom is 0.182 e. The van der Waals surface area contributed by atoms with Crippen LogP contribution in [0.3, 0.4) is 0 Å². The molecule has 1 saturated carbocycles. The molecule has 0 spiro atoms. The third kappa shape index (κ3) is 2.86. The third-order valence-corrected chi connectivity index (χ3v) is 6.40. The molecule has 20 heavy (non-hydrogen) atoms. The van der Waals surface area contributed by atoms with E-state index in [-0.39, 0.29) is 4.90 Å². The van der Waals surface area contributed by atoms with E-state index in [1.165, 1.54) is 0 Å². The molecule has 0 aliphatic heterocycles. The fourth-order valence-corrected chi connectivity index (χ4v) is 4.79. The highest BCUT2D eigenvalue weighted by Gasteiger charge is 2.37. The molecule has 1 aliphatic carbocycles. The van der Waals surface area contributed by atoms with Crippen molar-refractivity contribution < 1.29 is 17.2 Å². The summed E-state index contributed by atoms with van der Waals surface area (Å²) in [7, 11) is -3.73. The fourth-order valence-electron chi connectivity index (χ4n) is 2.79. The van der Waals surface area contributed by atoms with Gasteiger partial charge in [0.15, 0.2) is 21.5 Å². The number of hydrogen-bond donors (Lipinski definition) is 1. The van der Waals surface area contributed by atoms with Crippen molar-refractivity contribution >= 4 is 9.84 Å². The summed E-state index contributed by atoms with van der Waals surface area (Å²) in [5.74, 6) is -1.88. The van der Waals surface area contributed by atoms with E-state index in [2.05, 4.69) is 0 Å². The second kappa shape index (κ2) is 5.77. The monoisotopic (exact) mass is 303 g/mol. The van der Waals surface area contributed by atoms with Crippen LogP contribution < -0.4 is 5.73 Å². The van der Waals surface area contributed by atoms with E-state index in [4.69, 9.17) is 5.73 Å². The Labute approximate surface area is 118 Å². The Kier molecular flexibility index (Phi) is 4.44. The summed E-state index contributed by atoms with van der Waals surface area (Å²) >= 11 is 0. The molecule has 3 nitrogen and oxygen atoms in total. The van der Waals surface area contributed by atoms with E-state index in [9.17, 15) is 17.2 Å². The maximum atomic E-state index is 13.2. The van der Waals surface area contributed by atoms with E-state index >= 15 is 0 Å². The first-order chi connectivity index (χ1) is 9.36. The highest BCUT2D eigenvalue weighted by Crippen LogP contribution is 2.33. The normalized spacial score (nSPS) is 27.5. The van der Waals surface area contributed by atoms with Gasteiger partial charge >= 0.3 is 0 Å². The molecule has 0 saturated heterocycles. The summed E-state index contributed by atoms with van der Waals surface area (Å²) < 4.78 is 51.3. The molecule has 0 bridgehead atoms. The molecule has 0 heterocycles. The van der Waals surface area contributed by atoms with Gasteiger partial charge in [-0.2, -0.15) is 0 Å². The van der Waals surface area contributed by atoms with Crippen LogP contribution in [0.2, 0.25) is 0 Å². The van der Waals surface area contributed by atoms with E-state index in [1.807, 2.05) is 6.92 Å². The van der Waals surface area contributed by atoms with Gasteiger partial charge in [-0.05, 0) is 43.4 Å². The Morgan fingerprint density at radius 2 is 1.95 bits per heavy atom. The number of benzene rings is 1. The Bertz CT molecular complexity index is 589. The van der Waals surface area contributed by atoms with Gasteiger partial charge < -0.3 is 5.73 Å². The van der Waals surface area contributed by atoms with Gasteiger partial charge in [0.1, 0.15) is 0 Å². The van der Waals surface area contributed by atoms with Crippen molar-refractivity contribution in [2.75, 3.05) is 0 Å². The average molecular weight is 303 g/mol. The number of nitrogens with two attached hydrogens (primary N) is 1. The SMILES string of the molecule is CCC1CCC(N)C(S(=O)(=O)c2ccc(F)c(F)c2)C1. The Balaban J connectivity index is 2.35. The van der Waals surface area contributed by atoms with Gasteiger partial charge in [-0.15, -0.1) is 0 Å². The fraction of sp³-hybridized carbons (Fsp3) is 0.571. The summed E-state index contributed by atoms with van der Waals surface area (Å²) in [6, 6.07) is 2.24. The molecule has 1 fully saturated rings. The molecule has 112 valence electrons. The summed E-state index contributed by atoms with van der Waals surface area (Å²) in [4.78, 5) is -0.186. The first kappa shape index (κ1) is 15.4. The molecule has 3 atom stereocenters. The van der Waals surface area contributed by atoms with Crippen molar-refractivity contribution in [2.24, 2.45) is 11.7 Å². The van der Waals surface area contributed by atoms with Crippen LogP contribution in [-0.2, 0) is 9.84 Å². The lowest BCUT2D eigenvalue weighted by Gasteiger charge is -2.33. The van der Waals surface area contributed by atoms with Crippen LogP contribution in [0.15, 0.2) is 23.1 Å². The lowest BCUT2D eigenvalue weighted by Crippen LogP contribution is -2.45. The van der Waals surface area contributed by atoms with Crippen molar-refractivity contribution in [3.63, 3.8) is 0 Å². The number of sulfone groups is 1. The predicted molar refractivity (Wildman–Crippen MR) is 72.9 cm³/mol. The molecular weight excluding hydrogens is 284 g/mol. The molecule has 2 N–H and O–H groups in total. The van der Waals surface area contributed by atoms with E-state index in [0.29, 0.717) is 18.8 Å². The number of rotatable bonds is 3. The standard InChI is InChI=1S/C14H19F2NO2S/c1-2-9-3-6-13(17)14(7-9)20(18,19)10-4-5-11(15)12(16)8-10/h4-5,8-9,13-14H,2-3,6-7,17H2,1H3. The zero-order chi connectivity index (χ0) is 14.9. The van der Waals surface area contributed by atoms with Crippen molar-refractivity contribution in [1.29, 1.82) is 0 Å². The van der Waals surface area contributed by atoms with Gasteiger partial charge in [0.2, 0.25) is 0 Å². The molecule has 1 aliphatic rings. The Hall–Kier alpha value is -1.01. The molecule has 0 aromatic heterocycles. The second-order valence-electron chi connectivity index (χ2n) is 5.41. The zero-order valence-corrected chi connectivity index (χ0v) is 12.2. The molecular formula is C14H19F2NO2S. The zero-order valence-electron chi connectivity index (χ0n) is 11.4. The lowest BCUT2D eigenvalue weighted by atomic mass is 9.84. The minimum Gasteiger partial charge on any atom is -0.327 e. The van der Waals surface area contributed by atoms with Gasteiger partial charge in [-0.3, -0.25) is 0 Å². The van der Waals surface area contributed by atoms with Crippen LogP contribution in [0.5, 0.6) is 0 Å². The smallest absolute Gasteiger partial charge is 0.182 e. The topological polar surface area (TPSA) is 60.2 Å². The minimum absolute atomic E-state index is 0.186. The number of halogens is 2. The highest BCUT2D eigenvalue weighted by atomic mass is 32.2. The molecule has 1 aromatic rings.